The first kappa shape index (κ1) is 25.7. The summed E-state index contributed by atoms with van der Waals surface area (Å²) in [6, 6.07) is 9.25. The number of benzene rings is 1. The number of fused-ring (bicyclic) bond motifs is 1. The van der Waals surface area contributed by atoms with E-state index in [-0.39, 0.29) is 48.4 Å². The van der Waals surface area contributed by atoms with Crippen LogP contribution < -0.4 is 5.32 Å². The van der Waals surface area contributed by atoms with Gasteiger partial charge in [-0.2, -0.15) is 0 Å². The molecule has 1 aromatic carbocycles. The third kappa shape index (κ3) is 6.13. The predicted molar refractivity (Wildman–Crippen MR) is 130 cm³/mol. The number of likely N-dealkylation sites (tertiary alicyclic amines) is 1. The zero-order valence-corrected chi connectivity index (χ0v) is 20.5. The summed E-state index contributed by atoms with van der Waals surface area (Å²) in [5, 5.41) is 2.95. The molecule has 34 heavy (non-hydrogen) atoms. The standard InChI is InChI=1S/C27H37N3O4/c1-4-23(25(32)28-18-19(2)3)29(16-14-20-10-6-5-7-11-20)24(31)15-17-30-26(33)21-12-8-9-13-22(21)27(30)34/h5-11,19,21-23H,4,12-18H2,1-3H3,(H,28,32)/t21-,22+,23?. The average Bonchev–Trinajstić information content (AvgIpc) is 3.08. The topological polar surface area (TPSA) is 86.8 Å². The maximum atomic E-state index is 13.4. The highest BCUT2D eigenvalue weighted by molar-refractivity contribution is 6.05. The number of nitrogens with zero attached hydrogens (tertiary/aromatic N) is 2. The van der Waals surface area contributed by atoms with Crippen molar-refractivity contribution in [3.63, 3.8) is 0 Å². The van der Waals surface area contributed by atoms with Crippen LogP contribution >= 0.6 is 0 Å². The lowest BCUT2D eigenvalue weighted by Crippen LogP contribution is -2.51. The number of hydrogen-bond acceptors (Lipinski definition) is 4. The Morgan fingerprint density at radius 3 is 2.24 bits per heavy atom. The van der Waals surface area contributed by atoms with Crippen LogP contribution in [0.1, 0.15) is 52.0 Å². The van der Waals surface area contributed by atoms with E-state index in [1.54, 1.807) is 4.90 Å². The van der Waals surface area contributed by atoms with Crippen LogP contribution in [0.5, 0.6) is 0 Å². The molecule has 7 heteroatoms. The minimum absolute atomic E-state index is 0.0209. The second kappa shape index (κ2) is 12.0. The largest absolute Gasteiger partial charge is 0.354 e. The summed E-state index contributed by atoms with van der Waals surface area (Å²) < 4.78 is 0. The first-order valence-electron chi connectivity index (χ1n) is 12.4. The van der Waals surface area contributed by atoms with Gasteiger partial charge in [-0.05, 0) is 37.2 Å². The lowest BCUT2D eigenvalue weighted by Gasteiger charge is -2.31. The molecule has 0 saturated carbocycles. The highest BCUT2D eigenvalue weighted by atomic mass is 16.2. The van der Waals surface area contributed by atoms with E-state index in [1.165, 1.54) is 4.90 Å². The molecule has 0 bridgehead atoms. The van der Waals surface area contributed by atoms with E-state index >= 15 is 0 Å². The van der Waals surface area contributed by atoms with Crippen LogP contribution in [0.4, 0.5) is 0 Å². The fraction of sp³-hybridized carbons (Fsp3) is 0.556. The molecule has 7 nitrogen and oxygen atoms in total. The van der Waals surface area contributed by atoms with Crippen molar-refractivity contribution in [2.45, 2.75) is 58.9 Å². The van der Waals surface area contributed by atoms with Crippen LogP contribution in [-0.2, 0) is 25.6 Å². The number of amides is 4. The van der Waals surface area contributed by atoms with Crippen LogP contribution in [0, 0.1) is 17.8 Å². The predicted octanol–water partition coefficient (Wildman–Crippen LogP) is 2.95. The normalized spacial score (nSPS) is 20.4. The van der Waals surface area contributed by atoms with Crippen LogP contribution in [0.15, 0.2) is 42.5 Å². The molecule has 4 amide bonds. The minimum atomic E-state index is -0.591. The Morgan fingerprint density at radius 1 is 1.06 bits per heavy atom. The maximum Gasteiger partial charge on any atom is 0.242 e. The number of carbonyl (C=O) groups is 4. The van der Waals surface area contributed by atoms with Gasteiger partial charge in [-0.1, -0.05) is 63.3 Å². The molecule has 3 atom stereocenters. The molecule has 2 aliphatic rings. The van der Waals surface area contributed by atoms with Crippen molar-refractivity contribution in [1.29, 1.82) is 0 Å². The van der Waals surface area contributed by atoms with Crippen molar-refractivity contribution < 1.29 is 19.2 Å². The number of imide groups is 1. The molecule has 1 saturated heterocycles. The molecule has 0 spiro atoms. The summed E-state index contributed by atoms with van der Waals surface area (Å²) in [4.78, 5) is 54.7. The molecule has 1 aromatic rings. The zero-order chi connectivity index (χ0) is 24.7. The van der Waals surface area contributed by atoms with Gasteiger partial charge < -0.3 is 10.2 Å². The van der Waals surface area contributed by atoms with Gasteiger partial charge in [0.1, 0.15) is 6.04 Å². The first-order valence-corrected chi connectivity index (χ1v) is 12.4. The van der Waals surface area contributed by atoms with Gasteiger partial charge in [-0.3, -0.25) is 24.1 Å². The number of allylic oxidation sites excluding steroid dienone is 2. The Labute approximate surface area is 202 Å². The number of carbonyl (C=O) groups excluding carboxylic acids is 4. The number of rotatable bonds is 11. The second-order valence-corrected chi connectivity index (χ2v) is 9.62. The molecule has 184 valence electrons. The second-order valence-electron chi connectivity index (χ2n) is 9.62. The third-order valence-corrected chi connectivity index (χ3v) is 6.70. The van der Waals surface area contributed by atoms with Gasteiger partial charge in [0.05, 0.1) is 11.8 Å². The summed E-state index contributed by atoms with van der Waals surface area (Å²) in [6.07, 6.45) is 6.20. The summed E-state index contributed by atoms with van der Waals surface area (Å²) in [5.41, 5.74) is 1.08. The van der Waals surface area contributed by atoms with E-state index in [0.29, 0.717) is 44.7 Å². The van der Waals surface area contributed by atoms with Crippen molar-refractivity contribution in [3.8, 4) is 0 Å². The van der Waals surface area contributed by atoms with Gasteiger partial charge in [-0.25, -0.2) is 0 Å². The molecule has 1 unspecified atom stereocenters. The molecule has 1 N–H and O–H groups in total. The van der Waals surface area contributed by atoms with Crippen LogP contribution in [-0.4, -0.2) is 59.1 Å². The van der Waals surface area contributed by atoms with Crippen molar-refractivity contribution in [2.75, 3.05) is 19.6 Å². The molecular weight excluding hydrogens is 430 g/mol. The summed E-state index contributed by atoms with van der Waals surface area (Å²) in [6.45, 7) is 6.95. The highest BCUT2D eigenvalue weighted by Gasteiger charge is 2.47. The van der Waals surface area contributed by atoms with Gasteiger partial charge in [0.2, 0.25) is 23.6 Å². The fourth-order valence-electron chi connectivity index (χ4n) is 4.76. The molecule has 1 fully saturated rings. The van der Waals surface area contributed by atoms with Crippen LogP contribution in [0.2, 0.25) is 0 Å². The Hall–Kier alpha value is -2.96. The zero-order valence-electron chi connectivity index (χ0n) is 20.5. The van der Waals surface area contributed by atoms with E-state index < -0.39 is 6.04 Å². The van der Waals surface area contributed by atoms with Crippen LogP contribution in [0.25, 0.3) is 0 Å². The molecule has 1 aliphatic heterocycles. The quantitative estimate of drug-likeness (QED) is 0.400. The van der Waals surface area contributed by atoms with Gasteiger partial charge in [-0.15, -0.1) is 0 Å². The van der Waals surface area contributed by atoms with E-state index in [4.69, 9.17) is 0 Å². The number of hydrogen-bond donors (Lipinski definition) is 1. The molecule has 1 aliphatic carbocycles. The maximum absolute atomic E-state index is 13.4. The first-order chi connectivity index (χ1) is 16.3. The van der Waals surface area contributed by atoms with E-state index in [0.717, 1.165) is 5.56 Å². The highest BCUT2D eigenvalue weighted by Crippen LogP contribution is 2.35. The lowest BCUT2D eigenvalue weighted by atomic mass is 9.85. The Kier molecular flexibility index (Phi) is 9.02. The SMILES string of the molecule is CCC(C(=O)NCC(C)C)N(CCc1ccccc1)C(=O)CCN1C(=O)[C@H]2CC=CC[C@H]2C1=O. The summed E-state index contributed by atoms with van der Waals surface area (Å²) >= 11 is 0. The van der Waals surface area contributed by atoms with Gasteiger partial charge in [0, 0.05) is 26.1 Å². The van der Waals surface area contributed by atoms with Gasteiger partial charge in [0.15, 0.2) is 0 Å². The molecule has 0 aromatic heterocycles. The minimum Gasteiger partial charge on any atom is -0.354 e. The fourth-order valence-corrected chi connectivity index (χ4v) is 4.76. The Balaban J connectivity index is 1.69. The van der Waals surface area contributed by atoms with E-state index in [2.05, 4.69) is 5.32 Å². The molecular formula is C27H37N3O4. The smallest absolute Gasteiger partial charge is 0.242 e. The van der Waals surface area contributed by atoms with Gasteiger partial charge >= 0.3 is 0 Å². The molecule has 0 radical (unpaired) electrons. The van der Waals surface area contributed by atoms with E-state index in [9.17, 15) is 19.2 Å². The van der Waals surface area contributed by atoms with Crippen molar-refractivity contribution in [1.82, 2.24) is 15.1 Å². The molecule has 1 heterocycles. The lowest BCUT2D eigenvalue weighted by molar-refractivity contribution is -0.143. The van der Waals surface area contributed by atoms with Gasteiger partial charge in [0.25, 0.3) is 0 Å². The monoisotopic (exact) mass is 467 g/mol. The third-order valence-electron chi connectivity index (χ3n) is 6.70. The van der Waals surface area contributed by atoms with E-state index in [1.807, 2.05) is 63.3 Å². The van der Waals surface area contributed by atoms with Crippen LogP contribution in [0.3, 0.4) is 0 Å². The Morgan fingerprint density at radius 2 is 1.68 bits per heavy atom. The summed E-state index contributed by atoms with van der Waals surface area (Å²) in [5.74, 6) is -1.02. The number of nitrogens with one attached hydrogen (secondary N) is 1. The van der Waals surface area contributed by atoms with Crippen molar-refractivity contribution in [2.24, 2.45) is 17.8 Å². The van der Waals surface area contributed by atoms with Crippen molar-refractivity contribution >= 4 is 23.6 Å². The van der Waals surface area contributed by atoms with Crippen molar-refractivity contribution in [3.05, 3.63) is 48.0 Å². The summed E-state index contributed by atoms with van der Waals surface area (Å²) in [7, 11) is 0. The molecule has 3 rings (SSSR count). The average molecular weight is 468 g/mol. The Bertz CT molecular complexity index is 886.